The first kappa shape index (κ1) is 12.5. The van der Waals surface area contributed by atoms with Gasteiger partial charge in [-0.05, 0) is 38.0 Å². The monoisotopic (exact) mass is 245 g/mol. The highest BCUT2D eigenvalue weighted by molar-refractivity contribution is 6.52. The standard InChI is InChI=1S/C14H15NO3/c1-8-6-9(2)12-11(7-8)15(5-4-10(3)16)14(18)13(12)17/h6-7H,4-5H2,1-3H3. The quantitative estimate of drug-likeness (QED) is 0.763. The van der Waals surface area contributed by atoms with Gasteiger partial charge in [-0.25, -0.2) is 0 Å². The SMILES string of the molecule is CC(=O)CCN1C(=O)C(=O)c2c(C)cc(C)cc21. The number of anilines is 1. The lowest BCUT2D eigenvalue weighted by Gasteiger charge is -2.16. The van der Waals surface area contributed by atoms with Crippen molar-refractivity contribution in [1.29, 1.82) is 0 Å². The lowest BCUT2D eigenvalue weighted by molar-refractivity contribution is -0.117. The lowest BCUT2D eigenvalue weighted by Crippen LogP contribution is -2.31. The fourth-order valence-electron chi connectivity index (χ4n) is 2.28. The van der Waals surface area contributed by atoms with Gasteiger partial charge >= 0.3 is 0 Å². The van der Waals surface area contributed by atoms with Gasteiger partial charge < -0.3 is 4.90 Å². The van der Waals surface area contributed by atoms with E-state index in [1.165, 1.54) is 11.8 Å². The van der Waals surface area contributed by atoms with Crippen LogP contribution >= 0.6 is 0 Å². The maximum Gasteiger partial charge on any atom is 0.299 e. The van der Waals surface area contributed by atoms with Crippen molar-refractivity contribution in [2.24, 2.45) is 0 Å². The second-order valence-electron chi connectivity index (χ2n) is 4.71. The summed E-state index contributed by atoms with van der Waals surface area (Å²) in [6.07, 6.45) is 0.269. The number of benzene rings is 1. The van der Waals surface area contributed by atoms with E-state index in [1.807, 2.05) is 26.0 Å². The molecule has 2 rings (SSSR count). The molecule has 1 aliphatic rings. The Kier molecular flexibility index (Phi) is 3.03. The number of carbonyl (C=O) groups excluding carboxylic acids is 3. The maximum atomic E-state index is 11.9. The first-order valence-electron chi connectivity index (χ1n) is 5.88. The van der Waals surface area contributed by atoms with Crippen molar-refractivity contribution in [3.05, 3.63) is 28.8 Å². The van der Waals surface area contributed by atoms with Crippen LogP contribution in [0.3, 0.4) is 0 Å². The Balaban J connectivity index is 2.44. The Labute approximate surface area is 106 Å². The van der Waals surface area contributed by atoms with Gasteiger partial charge in [0, 0.05) is 13.0 Å². The number of aryl methyl sites for hydroxylation is 2. The molecule has 4 heteroatoms. The molecule has 0 fully saturated rings. The molecular formula is C14H15NO3. The second kappa shape index (κ2) is 4.37. The number of Topliss-reactive ketones (excluding diaryl/α,β-unsaturated/α-hetero) is 2. The molecular weight excluding hydrogens is 230 g/mol. The fourth-order valence-corrected chi connectivity index (χ4v) is 2.28. The van der Waals surface area contributed by atoms with Gasteiger partial charge in [-0.15, -0.1) is 0 Å². The van der Waals surface area contributed by atoms with Crippen LogP contribution in [0.1, 0.15) is 34.8 Å². The molecule has 0 unspecified atom stereocenters. The van der Waals surface area contributed by atoms with Crippen molar-refractivity contribution in [3.8, 4) is 0 Å². The molecule has 0 aromatic heterocycles. The molecule has 1 aromatic carbocycles. The Morgan fingerprint density at radius 3 is 2.50 bits per heavy atom. The minimum atomic E-state index is -0.528. The Morgan fingerprint density at radius 2 is 1.89 bits per heavy atom. The summed E-state index contributed by atoms with van der Waals surface area (Å²) in [7, 11) is 0. The number of ketones is 2. The van der Waals surface area contributed by atoms with Crippen LogP contribution in [-0.2, 0) is 9.59 Å². The molecule has 0 spiro atoms. The van der Waals surface area contributed by atoms with E-state index in [-0.39, 0.29) is 18.7 Å². The van der Waals surface area contributed by atoms with Gasteiger partial charge in [0.1, 0.15) is 5.78 Å². The zero-order chi connectivity index (χ0) is 13.4. The zero-order valence-corrected chi connectivity index (χ0v) is 10.7. The largest absolute Gasteiger partial charge is 0.304 e. The summed E-state index contributed by atoms with van der Waals surface area (Å²) >= 11 is 0. The van der Waals surface area contributed by atoms with Gasteiger partial charge in [-0.3, -0.25) is 14.4 Å². The van der Waals surface area contributed by atoms with Crippen molar-refractivity contribution in [3.63, 3.8) is 0 Å². The number of hydrogen-bond donors (Lipinski definition) is 0. The zero-order valence-electron chi connectivity index (χ0n) is 10.7. The third-order valence-electron chi connectivity index (χ3n) is 3.10. The highest BCUT2D eigenvalue weighted by Crippen LogP contribution is 2.32. The molecule has 1 aromatic rings. The van der Waals surface area contributed by atoms with E-state index >= 15 is 0 Å². The maximum absolute atomic E-state index is 11.9. The normalized spacial score (nSPS) is 14.1. The average molecular weight is 245 g/mol. The third-order valence-corrected chi connectivity index (χ3v) is 3.10. The van der Waals surface area contributed by atoms with Crippen molar-refractivity contribution in [2.75, 3.05) is 11.4 Å². The van der Waals surface area contributed by atoms with E-state index in [9.17, 15) is 14.4 Å². The van der Waals surface area contributed by atoms with E-state index < -0.39 is 11.7 Å². The van der Waals surface area contributed by atoms with Gasteiger partial charge in [0.25, 0.3) is 11.7 Å². The first-order chi connectivity index (χ1) is 8.41. The summed E-state index contributed by atoms with van der Waals surface area (Å²) in [6.45, 7) is 5.50. The third kappa shape index (κ3) is 1.94. The van der Waals surface area contributed by atoms with Crippen molar-refractivity contribution in [2.45, 2.75) is 27.2 Å². The predicted molar refractivity (Wildman–Crippen MR) is 67.9 cm³/mol. The number of fused-ring (bicyclic) bond motifs is 1. The number of amides is 1. The second-order valence-corrected chi connectivity index (χ2v) is 4.71. The minimum Gasteiger partial charge on any atom is -0.304 e. The van der Waals surface area contributed by atoms with Crippen LogP contribution in [0.25, 0.3) is 0 Å². The molecule has 0 bridgehead atoms. The highest BCUT2D eigenvalue weighted by Gasteiger charge is 2.36. The fraction of sp³-hybridized carbons (Fsp3) is 0.357. The van der Waals surface area contributed by atoms with Crippen molar-refractivity contribution in [1.82, 2.24) is 0 Å². The predicted octanol–water partition coefficient (Wildman–Crippen LogP) is 1.81. The number of rotatable bonds is 3. The molecule has 1 aliphatic heterocycles. The summed E-state index contributed by atoms with van der Waals surface area (Å²) < 4.78 is 0. The minimum absolute atomic E-state index is 0.00748. The Bertz CT molecular complexity index is 560. The summed E-state index contributed by atoms with van der Waals surface area (Å²) in [6, 6.07) is 3.71. The molecule has 0 radical (unpaired) electrons. The van der Waals surface area contributed by atoms with Crippen LogP contribution in [-0.4, -0.2) is 24.0 Å². The van der Waals surface area contributed by atoms with Gasteiger partial charge in [0.05, 0.1) is 11.3 Å². The molecule has 0 N–H and O–H groups in total. The van der Waals surface area contributed by atoms with Crippen LogP contribution < -0.4 is 4.90 Å². The van der Waals surface area contributed by atoms with E-state index in [1.54, 1.807) is 0 Å². The summed E-state index contributed by atoms with van der Waals surface area (Å²) in [5.74, 6) is -0.987. The van der Waals surface area contributed by atoms with E-state index in [0.717, 1.165) is 11.1 Å². The Morgan fingerprint density at radius 1 is 1.22 bits per heavy atom. The molecule has 94 valence electrons. The molecule has 4 nitrogen and oxygen atoms in total. The van der Waals surface area contributed by atoms with Crippen LogP contribution in [0.15, 0.2) is 12.1 Å². The number of carbonyl (C=O) groups is 3. The first-order valence-corrected chi connectivity index (χ1v) is 5.88. The van der Waals surface area contributed by atoms with Gasteiger partial charge in [0.2, 0.25) is 0 Å². The number of hydrogen-bond acceptors (Lipinski definition) is 3. The summed E-state index contributed by atoms with van der Waals surface area (Å²) in [5, 5.41) is 0. The van der Waals surface area contributed by atoms with Gasteiger partial charge in [0.15, 0.2) is 0 Å². The van der Waals surface area contributed by atoms with E-state index in [0.29, 0.717) is 11.3 Å². The Hall–Kier alpha value is -1.97. The topological polar surface area (TPSA) is 54.5 Å². The highest BCUT2D eigenvalue weighted by atomic mass is 16.2. The smallest absolute Gasteiger partial charge is 0.299 e. The van der Waals surface area contributed by atoms with Crippen molar-refractivity contribution >= 4 is 23.2 Å². The van der Waals surface area contributed by atoms with Crippen LogP contribution in [0.4, 0.5) is 5.69 Å². The molecule has 0 saturated carbocycles. The number of nitrogens with zero attached hydrogens (tertiary/aromatic N) is 1. The lowest BCUT2D eigenvalue weighted by atomic mass is 10.0. The van der Waals surface area contributed by atoms with Crippen LogP contribution in [0.5, 0.6) is 0 Å². The van der Waals surface area contributed by atoms with Crippen LogP contribution in [0.2, 0.25) is 0 Å². The van der Waals surface area contributed by atoms with E-state index in [2.05, 4.69) is 0 Å². The summed E-state index contributed by atoms with van der Waals surface area (Å²) in [5.41, 5.74) is 2.94. The molecule has 0 saturated heterocycles. The van der Waals surface area contributed by atoms with Crippen LogP contribution in [0, 0.1) is 13.8 Å². The van der Waals surface area contributed by atoms with Crippen molar-refractivity contribution < 1.29 is 14.4 Å². The molecule has 18 heavy (non-hydrogen) atoms. The molecule has 0 atom stereocenters. The molecule has 1 heterocycles. The average Bonchev–Trinajstić information content (AvgIpc) is 2.49. The molecule has 0 aliphatic carbocycles. The van der Waals surface area contributed by atoms with Gasteiger partial charge in [-0.2, -0.15) is 0 Å². The summed E-state index contributed by atoms with van der Waals surface area (Å²) in [4.78, 5) is 36.2. The van der Waals surface area contributed by atoms with E-state index in [4.69, 9.17) is 0 Å². The van der Waals surface area contributed by atoms with Gasteiger partial charge in [-0.1, -0.05) is 6.07 Å². The molecule has 1 amide bonds.